The van der Waals surface area contributed by atoms with E-state index in [1.807, 2.05) is 0 Å². The molecular weight excluding hydrogens is 270 g/mol. The van der Waals surface area contributed by atoms with Crippen LogP contribution < -0.4 is 4.74 Å². The van der Waals surface area contributed by atoms with Crippen LogP contribution in [-0.2, 0) is 0 Å². The van der Waals surface area contributed by atoms with Crippen molar-refractivity contribution >= 4 is 17.3 Å². The van der Waals surface area contributed by atoms with Crippen LogP contribution in [0.15, 0.2) is 18.2 Å². The zero-order chi connectivity index (χ0) is 13.2. The second-order valence-electron chi connectivity index (χ2n) is 2.84. The van der Waals surface area contributed by atoms with E-state index in [4.69, 9.17) is 0 Å². The lowest BCUT2D eigenvalue weighted by molar-refractivity contribution is -0.386. The maximum absolute atomic E-state index is 12.7. The van der Waals surface area contributed by atoms with Crippen LogP contribution in [-0.4, -0.2) is 16.7 Å². The van der Waals surface area contributed by atoms with E-state index in [0.29, 0.717) is 18.2 Å². The Balaban J connectivity index is 3.04. The molecule has 0 saturated carbocycles. The molecule has 9 heteroatoms. The number of hydrogen-bond acceptors (Lipinski definition) is 3. The van der Waals surface area contributed by atoms with E-state index in [1.54, 1.807) is 0 Å². The lowest BCUT2D eigenvalue weighted by Gasteiger charge is -2.15. The Bertz CT molecular complexity index is 437. The molecule has 1 unspecified atom stereocenters. The molecule has 0 aromatic heterocycles. The van der Waals surface area contributed by atoms with Gasteiger partial charge in [0.25, 0.3) is 0 Å². The van der Waals surface area contributed by atoms with E-state index in [9.17, 15) is 27.7 Å². The smallest absolute Gasteiger partial charge is 0.387 e. The van der Waals surface area contributed by atoms with Gasteiger partial charge in [0.1, 0.15) is 5.82 Å². The van der Waals surface area contributed by atoms with Gasteiger partial charge in [-0.3, -0.25) is 10.1 Å². The van der Waals surface area contributed by atoms with E-state index in [2.05, 4.69) is 16.3 Å². The Morgan fingerprint density at radius 2 is 2.06 bits per heavy atom. The molecule has 0 saturated heterocycles. The molecule has 0 N–H and O–H groups in total. The van der Waals surface area contributed by atoms with Crippen molar-refractivity contribution in [2.45, 2.75) is 11.7 Å². The second-order valence-corrected chi connectivity index (χ2v) is 3.35. The number of halogens is 5. The Morgan fingerprint density at radius 1 is 1.47 bits per heavy atom. The Morgan fingerprint density at radius 3 is 2.53 bits per heavy atom. The molecule has 4 nitrogen and oxygen atoms in total. The summed E-state index contributed by atoms with van der Waals surface area (Å²) < 4.78 is 53.8. The van der Waals surface area contributed by atoms with Crippen LogP contribution in [0.5, 0.6) is 5.75 Å². The molecule has 0 fully saturated rings. The van der Waals surface area contributed by atoms with Crippen molar-refractivity contribution in [3.05, 3.63) is 34.1 Å². The van der Waals surface area contributed by atoms with Gasteiger partial charge in [0.2, 0.25) is 5.75 Å². The van der Waals surface area contributed by atoms with Crippen molar-refractivity contribution in [3.8, 4) is 5.75 Å². The third kappa shape index (κ3) is 3.45. The fourth-order valence-corrected chi connectivity index (χ4v) is 0.956. The average Bonchev–Trinajstić information content (AvgIpc) is 2.15. The Labute approximate surface area is 96.9 Å². The highest BCUT2D eigenvalue weighted by Crippen LogP contribution is 2.33. The zero-order valence-electron chi connectivity index (χ0n) is 7.87. The molecule has 1 atom stereocenters. The predicted molar refractivity (Wildman–Crippen MR) is 49.4 cm³/mol. The van der Waals surface area contributed by atoms with Gasteiger partial charge < -0.3 is 4.74 Å². The highest BCUT2D eigenvalue weighted by Gasteiger charge is 2.40. The van der Waals surface area contributed by atoms with Crippen LogP contribution in [0, 0.1) is 15.9 Å². The minimum atomic E-state index is -4.37. The SMILES string of the molecule is O=[N+]([O-])c1ccc(F)cc1OC(F)C(F)(F)Cl. The van der Waals surface area contributed by atoms with E-state index < -0.39 is 33.9 Å². The summed E-state index contributed by atoms with van der Waals surface area (Å²) in [5.41, 5.74) is -0.852. The average molecular weight is 274 g/mol. The van der Waals surface area contributed by atoms with Crippen molar-refractivity contribution in [1.82, 2.24) is 0 Å². The number of rotatable bonds is 4. The lowest BCUT2D eigenvalue weighted by Crippen LogP contribution is -2.29. The standard InChI is InChI=1S/C8H4ClF4NO3/c9-8(12,13)7(11)17-6-3-4(10)1-2-5(6)14(15)16/h1-3,7H. The summed E-state index contributed by atoms with van der Waals surface area (Å²) in [6, 6.07) is 1.77. The summed E-state index contributed by atoms with van der Waals surface area (Å²) in [6.45, 7) is 0. The topological polar surface area (TPSA) is 52.4 Å². The molecule has 0 aliphatic rings. The van der Waals surface area contributed by atoms with Crippen LogP contribution in [0.25, 0.3) is 0 Å². The predicted octanol–water partition coefficient (Wildman–Crippen LogP) is 3.24. The molecule has 1 rings (SSSR count). The number of alkyl halides is 4. The summed E-state index contributed by atoms with van der Waals surface area (Å²) in [4.78, 5) is 9.39. The first-order valence-electron chi connectivity index (χ1n) is 4.03. The molecule has 1 aromatic carbocycles. The van der Waals surface area contributed by atoms with Gasteiger partial charge in [-0.15, -0.1) is 0 Å². The van der Waals surface area contributed by atoms with Crippen LogP contribution in [0.3, 0.4) is 0 Å². The van der Waals surface area contributed by atoms with Crippen molar-refractivity contribution < 1.29 is 27.2 Å². The highest BCUT2D eigenvalue weighted by atomic mass is 35.5. The molecule has 0 aliphatic carbocycles. The summed E-state index contributed by atoms with van der Waals surface area (Å²) >= 11 is 4.31. The molecule has 0 radical (unpaired) electrons. The van der Waals surface area contributed by atoms with Gasteiger partial charge in [0.05, 0.1) is 4.92 Å². The number of benzene rings is 1. The molecule has 0 spiro atoms. The van der Waals surface area contributed by atoms with Crippen molar-refractivity contribution in [2.75, 3.05) is 0 Å². The van der Waals surface area contributed by atoms with Gasteiger partial charge in [-0.2, -0.15) is 13.2 Å². The number of nitrogens with zero attached hydrogens (tertiary/aromatic N) is 1. The molecule has 0 bridgehead atoms. The third-order valence-corrected chi connectivity index (χ3v) is 1.78. The first-order chi connectivity index (χ1) is 7.71. The molecular formula is C8H4ClF4NO3. The zero-order valence-corrected chi connectivity index (χ0v) is 8.63. The molecule has 17 heavy (non-hydrogen) atoms. The van der Waals surface area contributed by atoms with E-state index in [0.717, 1.165) is 0 Å². The monoisotopic (exact) mass is 273 g/mol. The summed E-state index contributed by atoms with van der Waals surface area (Å²) in [7, 11) is 0. The first-order valence-corrected chi connectivity index (χ1v) is 4.41. The van der Waals surface area contributed by atoms with Gasteiger partial charge >= 0.3 is 17.4 Å². The molecule has 1 aromatic rings. The quantitative estimate of drug-likeness (QED) is 0.366. The summed E-state index contributed by atoms with van der Waals surface area (Å²) in [5, 5.41) is 6.05. The summed E-state index contributed by atoms with van der Waals surface area (Å²) in [5.74, 6) is -1.97. The van der Waals surface area contributed by atoms with Crippen molar-refractivity contribution in [1.29, 1.82) is 0 Å². The van der Waals surface area contributed by atoms with Crippen LogP contribution in [0.1, 0.15) is 0 Å². The number of nitro benzene ring substituents is 1. The molecule has 94 valence electrons. The van der Waals surface area contributed by atoms with Crippen LogP contribution in [0.4, 0.5) is 23.2 Å². The highest BCUT2D eigenvalue weighted by molar-refractivity contribution is 6.22. The van der Waals surface area contributed by atoms with Gasteiger partial charge in [0.15, 0.2) is 0 Å². The number of hydrogen-bond donors (Lipinski definition) is 0. The van der Waals surface area contributed by atoms with Gasteiger partial charge in [0, 0.05) is 12.1 Å². The third-order valence-electron chi connectivity index (χ3n) is 1.61. The van der Waals surface area contributed by atoms with E-state index >= 15 is 0 Å². The van der Waals surface area contributed by atoms with Crippen LogP contribution in [0.2, 0.25) is 0 Å². The van der Waals surface area contributed by atoms with E-state index in [-0.39, 0.29) is 0 Å². The maximum atomic E-state index is 12.7. The van der Waals surface area contributed by atoms with Gasteiger partial charge in [-0.1, -0.05) is 0 Å². The second kappa shape index (κ2) is 4.74. The fraction of sp³-hybridized carbons (Fsp3) is 0.250. The largest absolute Gasteiger partial charge is 0.446 e. The first kappa shape index (κ1) is 13.5. The molecule has 0 heterocycles. The Hall–Kier alpha value is -1.57. The minimum Gasteiger partial charge on any atom is -0.446 e. The lowest BCUT2D eigenvalue weighted by atomic mass is 10.3. The fourth-order valence-electron chi connectivity index (χ4n) is 0.911. The van der Waals surface area contributed by atoms with Crippen molar-refractivity contribution in [3.63, 3.8) is 0 Å². The normalized spacial score (nSPS) is 13.2. The van der Waals surface area contributed by atoms with Crippen molar-refractivity contribution in [2.24, 2.45) is 0 Å². The van der Waals surface area contributed by atoms with E-state index in [1.165, 1.54) is 0 Å². The minimum absolute atomic E-state index is 0.410. The molecule has 0 aliphatic heterocycles. The molecule has 0 amide bonds. The van der Waals surface area contributed by atoms with Crippen LogP contribution >= 0.6 is 11.6 Å². The number of nitro groups is 1. The Kier molecular flexibility index (Phi) is 3.76. The van der Waals surface area contributed by atoms with Gasteiger partial charge in [-0.25, -0.2) is 4.39 Å². The van der Waals surface area contributed by atoms with Gasteiger partial charge in [-0.05, 0) is 17.7 Å². The summed E-state index contributed by atoms with van der Waals surface area (Å²) in [6.07, 6.45) is -3.33. The maximum Gasteiger partial charge on any atom is 0.387 e. The number of ether oxygens (including phenoxy) is 1.